The van der Waals surface area contributed by atoms with Crippen LogP contribution in [0, 0.1) is 5.92 Å². The number of aryl methyl sites for hydroxylation is 1. The molecule has 3 rings (SSSR count). The molecule has 0 spiro atoms. The summed E-state index contributed by atoms with van der Waals surface area (Å²) in [7, 11) is 1.36. The van der Waals surface area contributed by atoms with Crippen molar-refractivity contribution in [2.75, 3.05) is 12.9 Å². The lowest BCUT2D eigenvalue weighted by Gasteiger charge is -2.17. The predicted octanol–water partition coefficient (Wildman–Crippen LogP) is 2.87. The number of nitrogens with zero attached hydrogens (tertiary/aromatic N) is 2. The zero-order valence-corrected chi connectivity index (χ0v) is 15.2. The van der Waals surface area contributed by atoms with Crippen molar-refractivity contribution in [2.45, 2.75) is 44.8 Å². The number of fused-ring (bicyclic) bond motifs is 3. The van der Waals surface area contributed by atoms with Crippen molar-refractivity contribution in [3.8, 4) is 0 Å². The van der Waals surface area contributed by atoms with Crippen LogP contribution in [0.2, 0.25) is 0 Å². The van der Waals surface area contributed by atoms with E-state index in [1.165, 1.54) is 29.3 Å². The number of rotatable bonds is 4. The summed E-state index contributed by atoms with van der Waals surface area (Å²) >= 11 is 2.90. The Bertz CT molecular complexity index is 810. The van der Waals surface area contributed by atoms with Gasteiger partial charge in [-0.3, -0.25) is 14.2 Å². The molecule has 1 aliphatic rings. The van der Waals surface area contributed by atoms with E-state index in [0.29, 0.717) is 17.6 Å². The molecule has 2 aromatic rings. The SMILES string of the molecule is CCn1c(SCC(=O)OC)nc2sc3c(c2c1=O)CC[C@@H](C)C3. The maximum atomic E-state index is 12.9. The number of carbonyl (C=O) groups excluding carboxylic acids is 1. The minimum Gasteiger partial charge on any atom is -0.468 e. The second-order valence-electron chi connectivity index (χ2n) is 5.84. The van der Waals surface area contributed by atoms with Gasteiger partial charge in [-0.15, -0.1) is 11.3 Å². The van der Waals surface area contributed by atoms with Crippen molar-refractivity contribution in [2.24, 2.45) is 5.92 Å². The summed E-state index contributed by atoms with van der Waals surface area (Å²) in [4.78, 5) is 31.1. The van der Waals surface area contributed by atoms with Crippen molar-refractivity contribution in [1.82, 2.24) is 9.55 Å². The van der Waals surface area contributed by atoms with Gasteiger partial charge in [0.2, 0.25) is 0 Å². The van der Waals surface area contributed by atoms with Crippen LogP contribution in [-0.4, -0.2) is 28.4 Å². The monoisotopic (exact) mass is 352 g/mol. The molecule has 0 fully saturated rings. The van der Waals surface area contributed by atoms with Gasteiger partial charge in [-0.25, -0.2) is 4.98 Å². The second-order valence-corrected chi connectivity index (χ2v) is 7.87. The molecule has 0 saturated heterocycles. The third-order valence-electron chi connectivity index (χ3n) is 4.24. The number of methoxy groups -OCH3 is 1. The van der Waals surface area contributed by atoms with Crippen molar-refractivity contribution in [1.29, 1.82) is 0 Å². The fraction of sp³-hybridized carbons (Fsp3) is 0.562. The van der Waals surface area contributed by atoms with E-state index in [4.69, 9.17) is 0 Å². The summed E-state index contributed by atoms with van der Waals surface area (Å²) in [6, 6.07) is 0. The number of hydrogen-bond acceptors (Lipinski definition) is 6. The molecule has 0 radical (unpaired) electrons. The van der Waals surface area contributed by atoms with Crippen LogP contribution in [0.15, 0.2) is 9.95 Å². The zero-order chi connectivity index (χ0) is 16.6. The Morgan fingerprint density at radius 1 is 1.52 bits per heavy atom. The lowest BCUT2D eigenvalue weighted by atomic mass is 9.89. The van der Waals surface area contributed by atoms with Crippen LogP contribution in [0.4, 0.5) is 0 Å². The summed E-state index contributed by atoms with van der Waals surface area (Å²) in [5, 5.41) is 1.39. The van der Waals surface area contributed by atoms with Crippen LogP contribution in [0.3, 0.4) is 0 Å². The molecule has 0 bridgehead atoms. The van der Waals surface area contributed by atoms with E-state index in [1.54, 1.807) is 15.9 Å². The highest BCUT2D eigenvalue weighted by molar-refractivity contribution is 7.99. The van der Waals surface area contributed by atoms with Crippen LogP contribution < -0.4 is 5.56 Å². The van der Waals surface area contributed by atoms with Gasteiger partial charge in [0.1, 0.15) is 4.83 Å². The first-order valence-electron chi connectivity index (χ1n) is 7.79. The van der Waals surface area contributed by atoms with Gasteiger partial charge in [-0.1, -0.05) is 18.7 Å². The maximum absolute atomic E-state index is 12.9. The molecular formula is C16H20N2O3S2. The van der Waals surface area contributed by atoms with Gasteiger partial charge in [-0.2, -0.15) is 0 Å². The fourth-order valence-corrected chi connectivity index (χ4v) is 5.30. The Balaban J connectivity index is 2.09. The van der Waals surface area contributed by atoms with Crippen molar-refractivity contribution >= 4 is 39.3 Å². The van der Waals surface area contributed by atoms with E-state index in [-0.39, 0.29) is 17.3 Å². The quantitative estimate of drug-likeness (QED) is 0.481. The second kappa shape index (κ2) is 6.65. The van der Waals surface area contributed by atoms with E-state index in [1.807, 2.05) is 6.92 Å². The molecule has 7 heteroatoms. The first-order valence-corrected chi connectivity index (χ1v) is 9.60. The summed E-state index contributed by atoms with van der Waals surface area (Å²) < 4.78 is 6.34. The van der Waals surface area contributed by atoms with E-state index in [9.17, 15) is 9.59 Å². The average molecular weight is 352 g/mol. The Kier molecular flexibility index (Phi) is 4.77. The molecule has 23 heavy (non-hydrogen) atoms. The average Bonchev–Trinajstić information content (AvgIpc) is 2.89. The largest absolute Gasteiger partial charge is 0.468 e. The molecule has 0 aliphatic heterocycles. The van der Waals surface area contributed by atoms with Gasteiger partial charge in [0.05, 0.1) is 18.2 Å². The van der Waals surface area contributed by atoms with Gasteiger partial charge in [0, 0.05) is 11.4 Å². The summed E-state index contributed by atoms with van der Waals surface area (Å²) in [5.74, 6) is 0.514. The standard InChI is InChI=1S/C16H20N2O3S2/c1-4-18-15(20)13-10-6-5-9(2)7-11(10)23-14(13)17-16(18)22-8-12(19)21-3/h9H,4-8H2,1-3H3/t9-/m1/s1. The Morgan fingerprint density at radius 3 is 3.00 bits per heavy atom. The normalized spacial score (nSPS) is 17.3. The van der Waals surface area contributed by atoms with Gasteiger partial charge in [0.15, 0.2) is 5.16 Å². The van der Waals surface area contributed by atoms with Crippen LogP contribution in [0.1, 0.15) is 30.7 Å². The first kappa shape index (κ1) is 16.5. The van der Waals surface area contributed by atoms with Crippen LogP contribution in [0.5, 0.6) is 0 Å². The maximum Gasteiger partial charge on any atom is 0.316 e. The number of thioether (sulfide) groups is 1. The third kappa shape index (κ3) is 3.04. The summed E-state index contributed by atoms with van der Waals surface area (Å²) in [6.45, 7) is 4.73. The molecule has 2 heterocycles. The topological polar surface area (TPSA) is 61.2 Å². The number of ether oxygens (including phenoxy) is 1. The Morgan fingerprint density at radius 2 is 2.30 bits per heavy atom. The molecule has 0 saturated carbocycles. The van der Waals surface area contributed by atoms with Crippen molar-refractivity contribution < 1.29 is 9.53 Å². The highest BCUT2D eigenvalue weighted by atomic mass is 32.2. The molecule has 124 valence electrons. The molecule has 0 N–H and O–H groups in total. The highest BCUT2D eigenvalue weighted by Gasteiger charge is 2.24. The minimum absolute atomic E-state index is 0.0249. The summed E-state index contributed by atoms with van der Waals surface area (Å²) in [5.41, 5.74) is 1.23. The molecule has 0 amide bonds. The molecule has 0 unspecified atom stereocenters. The molecule has 1 atom stereocenters. The lowest BCUT2D eigenvalue weighted by Crippen LogP contribution is -2.23. The van der Waals surface area contributed by atoms with Crippen LogP contribution >= 0.6 is 23.1 Å². The van der Waals surface area contributed by atoms with Gasteiger partial charge in [0.25, 0.3) is 5.56 Å². The molecule has 2 aromatic heterocycles. The predicted molar refractivity (Wildman–Crippen MR) is 93.5 cm³/mol. The van der Waals surface area contributed by atoms with Gasteiger partial charge < -0.3 is 4.74 Å². The van der Waals surface area contributed by atoms with E-state index >= 15 is 0 Å². The van der Waals surface area contributed by atoms with Crippen LogP contribution in [-0.2, 0) is 28.9 Å². The number of aromatic nitrogens is 2. The highest BCUT2D eigenvalue weighted by Crippen LogP contribution is 2.36. The number of carbonyl (C=O) groups is 1. The van der Waals surface area contributed by atoms with Gasteiger partial charge >= 0.3 is 5.97 Å². The van der Waals surface area contributed by atoms with Crippen molar-refractivity contribution in [3.63, 3.8) is 0 Å². The van der Waals surface area contributed by atoms with E-state index in [2.05, 4.69) is 16.6 Å². The number of hydrogen-bond donors (Lipinski definition) is 0. The van der Waals surface area contributed by atoms with Gasteiger partial charge in [-0.05, 0) is 37.7 Å². The van der Waals surface area contributed by atoms with E-state index < -0.39 is 0 Å². The molecular weight excluding hydrogens is 332 g/mol. The smallest absolute Gasteiger partial charge is 0.316 e. The number of thiophene rings is 1. The molecule has 0 aromatic carbocycles. The van der Waals surface area contributed by atoms with E-state index in [0.717, 1.165) is 29.5 Å². The Labute approximate surface area is 143 Å². The Hall–Kier alpha value is -1.34. The molecule has 1 aliphatic carbocycles. The van der Waals surface area contributed by atoms with Crippen molar-refractivity contribution in [3.05, 3.63) is 20.8 Å². The first-order chi connectivity index (χ1) is 11.0. The number of esters is 1. The van der Waals surface area contributed by atoms with Crippen LogP contribution in [0.25, 0.3) is 10.2 Å². The summed E-state index contributed by atoms with van der Waals surface area (Å²) in [6.07, 6.45) is 3.13. The minimum atomic E-state index is -0.314. The molecule has 5 nitrogen and oxygen atoms in total. The zero-order valence-electron chi connectivity index (χ0n) is 13.5. The lowest BCUT2D eigenvalue weighted by molar-refractivity contribution is -0.137. The fourth-order valence-electron chi connectivity index (χ4n) is 2.98. The third-order valence-corrected chi connectivity index (χ3v) is 6.34.